The molecule has 4 heteroatoms. The van der Waals surface area contributed by atoms with Crippen LogP contribution < -0.4 is 9.64 Å². The van der Waals surface area contributed by atoms with Gasteiger partial charge in [0.1, 0.15) is 12.4 Å². The van der Waals surface area contributed by atoms with Crippen LogP contribution in [0.4, 0.5) is 5.69 Å². The van der Waals surface area contributed by atoms with Crippen LogP contribution in [0.5, 0.6) is 5.75 Å². The Morgan fingerprint density at radius 3 is 2.90 bits per heavy atom. The highest BCUT2D eigenvalue weighted by Crippen LogP contribution is 2.29. The monoisotopic (exact) mass is 287 g/mol. The zero-order valence-corrected chi connectivity index (χ0v) is 11.6. The number of carbonyl (C=O) groups is 1. The van der Waals surface area contributed by atoms with Crippen molar-refractivity contribution in [2.24, 2.45) is 0 Å². The van der Waals surface area contributed by atoms with Gasteiger partial charge in [0.05, 0.1) is 6.54 Å². The summed E-state index contributed by atoms with van der Waals surface area (Å²) in [7, 11) is 0. The third-order valence-electron chi connectivity index (χ3n) is 3.41. The molecule has 0 radical (unpaired) electrons. The van der Waals surface area contributed by atoms with Gasteiger partial charge in [-0.3, -0.25) is 4.79 Å². The molecule has 20 heavy (non-hydrogen) atoms. The molecule has 1 aliphatic rings. The number of fused-ring (bicyclic) bond motifs is 1. The number of hydrogen-bond acceptors (Lipinski definition) is 3. The molecule has 0 spiro atoms. The first-order chi connectivity index (χ1) is 9.78. The molecule has 0 aromatic heterocycles. The zero-order chi connectivity index (χ0) is 13.9. The van der Waals surface area contributed by atoms with E-state index in [9.17, 15) is 4.79 Å². The first kappa shape index (κ1) is 13.0. The van der Waals surface area contributed by atoms with Gasteiger partial charge in [-0.1, -0.05) is 29.8 Å². The van der Waals surface area contributed by atoms with Gasteiger partial charge in [0.15, 0.2) is 6.29 Å². The van der Waals surface area contributed by atoms with Crippen molar-refractivity contribution in [1.82, 2.24) is 0 Å². The van der Waals surface area contributed by atoms with Crippen LogP contribution in [0.2, 0.25) is 5.02 Å². The van der Waals surface area contributed by atoms with E-state index in [-0.39, 0.29) is 0 Å². The summed E-state index contributed by atoms with van der Waals surface area (Å²) < 4.78 is 5.74. The van der Waals surface area contributed by atoms with E-state index in [4.69, 9.17) is 16.3 Å². The van der Waals surface area contributed by atoms with Gasteiger partial charge in [0.25, 0.3) is 0 Å². The zero-order valence-electron chi connectivity index (χ0n) is 10.9. The van der Waals surface area contributed by atoms with Gasteiger partial charge in [-0.15, -0.1) is 0 Å². The molecule has 0 saturated heterocycles. The molecule has 102 valence electrons. The number of aldehydes is 1. The molecule has 3 rings (SSSR count). The number of carbonyl (C=O) groups excluding carboxylic acids is 1. The average Bonchev–Trinajstić information content (AvgIpc) is 2.69. The molecule has 1 heterocycles. The van der Waals surface area contributed by atoms with Crippen molar-refractivity contribution in [1.29, 1.82) is 0 Å². The summed E-state index contributed by atoms with van der Waals surface area (Å²) in [6.07, 6.45) is 0.846. The third kappa shape index (κ3) is 2.49. The molecule has 2 aromatic carbocycles. The van der Waals surface area contributed by atoms with Crippen molar-refractivity contribution < 1.29 is 9.53 Å². The lowest BCUT2D eigenvalue weighted by molar-refractivity contribution is 0.112. The minimum atomic E-state index is 0.572. The van der Waals surface area contributed by atoms with Gasteiger partial charge in [0, 0.05) is 28.4 Å². The number of benzene rings is 2. The highest BCUT2D eigenvalue weighted by atomic mass is 35.5. The maximum atomic E-state index is 11.2. The van der Waals surface area contributed by atoms with Gasteiger partial charge in [-0.2, -0.15) is 0 Å². The first-order valence-electron chi connectivity index (χ1n) is 6.48. The van der Waals surface area contributed by atoms with Crippen LogP contribution in [0, 0.1) is 0 Å². The number of halogens is 1. The van der Waals surface area contributed by atoms with Crippen molar-refractivity contribution in [2.75, 3.05) is 18.1 Å². The number of rotatable bonds is 2. The quantitative estimate of drug-likeness (QED) is 0.791. The number of nitrogens with zero attached hydrogens (tertiary/aromatic N) is 1. The van der Waals surface area contributed by atoms with E-state index in [1.54, 1.807) is 6.07 Å². The van der Waals surface area contributed by atoms with Gasteiger partial charge < -0.3 is 9.64 Å². The van der Waals surface area contributed by atoms with Crippen molar-refractivity contribution >= 4 is 23.6 Å². The van der Waals surface area contributed by atoms with E-state index in [1.165, 1.54) is 0 Å². The summed E-state index contributed by atoms with van der Waals surface area (Å²) in [6, 6.07) is 13.4. The predicted octanol–water partition coefficient (Wildman–Crippen LogP) is 3.55. The molecule has 0 bridgehead atoms. The normalized spacial score (nSPS) is 14.2. The summed E-state index contributed by atoms with van der Waals surface area (Å²) in [4.78, 5) is 13.4. The molecule has 0 N–H and O–H groups in total. The second-order valence-corrected chi connectivity index (χ2v) is 5.14. The van der Waals surface area contributed by atoms with E-state index < -0.39 is 0 Å². The Balaban J connectivity index is 1.97. The fraction of sp³-hybridized carbons (Fsp3) is 0.188. The van der Waals surface area contributed by atoms with E-state index in [2.05, 4.69) is 4.90 Å². The number of para-hydroxylation sites is 1. The molecule has 0 fully saturated rings. The molecular formula is C16H14ClNO2. The summed E-state index contributed by atoms with van der Waals surface area (Å²) in [5.41, 5.74) is 2.62. The first-order valence-corrected chi connectivity index (χ1v) is 6.86. The highest BCUT2D eigenvalue weighted by molar-refractivity contribution is 6.31. The van der Waals surface area contributed by atoms with Crippen molar-refractivity contribution in [3.8, 4) is 5.75 Å². The van der Waals surface area contributed by atoms with Crippen LogP contribution in [0.25, 0.3) is 0 Å². The minimum absolute atomic E-state index is 0.572. The lowest BCUT2D eigenvalue weighted by Crippen LogP contribution is -2.26. The fourth-order valence-corrected chi connectivity index (χ4v) is 2.62. The molecule has 0 unspecified atom stereocenters. The maximum absolute atomic E-state index is 11.2. The Hall–Kier alpha value is -2.00. The second kappa shape index (κ2) is 5.55. The Morgan fingerprint density at radius 1 is 1.20 bits per heavy atom. The van der Waals surface area contributed by atoms with Crippen molar-refractivity contribution in [3.05, 3.63) is 58.6 Å². The standard InChI is InChI=1S/C16H14ClNO2/c17-14-5-6-15(13(9-14)11-19)18-7-8-20-16-4-2-1-3-12(16)10-18/h1-6,9,11H,7-8,10H2. The Labute approximate surface area is 122 Å². The predicted molar refractivity (Wildman–Crippen MR) is 79.8 cm³/mol. The van der Waals surface area contributed by atoms with Gasteiger partial charge in [-0.05, 0) is 24.3 Å². The van der Waals surface area contributed by atoms with Gasteiger partial charge in [-0.25, -0.2) is 0 Å². The fourth-order valence-electron chi connectivity index (χ4n) is 2.44. The van der Waals surface area contributed by atoms with Crippen LogP contribution in [-0.2, 0) is 6.54 Å². The van der Waals surface area contributed by atoms with Crippen LogP contribution in [-0.4, -0.2) is 19.4 Å². The minimum Gasteiger partial charge on any atom is -0.491 e. The SMILES string of the molecule is O=Cc1cc(Cl)ccc1N1CCOc2ccccc2C1. The number of ether oxygens (including phenoxy) is 1. The van der Waals surface area contributed by atoms with Crippen LogP contribution >= 0.6 is 11.6 Å². The van der Waals surface area contributed by atoms with E-state index in [0.717, 1.165) is 36.4 Å². The van der Waals surface area contributed by atoms with E-state index >= 15 is 0 Å². The van der Waals surface area contributed by atoms with Crippen molar-refractivity contribution in [2.45, 2.75) is 6.54 Å². The van der Waals surface area contributed by atoms with Crippen LogP contribution in [0.3, 0.4) is 0 Å². The third-order valence-corrected chi connectivity index (χ3v) is 3.64. The average molecular weight is 288 g/mol. The molecule has 3 nitrogen and oxygen atoms in total. The van der Waals surface area contributed by atoms with Gasteiger partial charge in [0.2, 0.25) is 0 Å². The summed E-state index contributed by atoms with van der Waals surface area (Å²) in [5.74, 6) is 0.914. The van der Waals surface area contributed by atoms with Gasteiger partial charge >= 0.3 is 0 Å². The van der Waals surface area contributed by atoms with Crippen molar-refractivity contribution in [3.63, 3.8) is 0 Å². The Kier molecular flexibility index (Phi) is 3.61. The summed E-state index contributed by atoms with van der Waals surface area (Å²) >= 11 is 5.95. The molecule has 0 amide bonds. The number of anilines is 1. The topological polar surface area (TPSA) is 29.5 Å². The molecule has 0 atom stereocenters. The van der Waals surface area contributed by atoms with Crippen LogP contribution in [0.1, 0.15) is 15.9 Å². The molecule has 1 aliphatic heterocycles. The number of hydrogen-bond donors (Lipinski definition) is 0. The molecule has 0 aliphatic carbocycles. The Bertz CT molecular complexity index is 642. The van der Waals surface area contributed by atoms with E-state index in [0.29, 0.717) is 17.2 Å². The lowest BCUT2D eigenvalue weighted by atomic mass is 10.1. The molecular weight excluding hydrogens is 274 g/mol. The lowest BCUT2D eigenvalue weighted by Gasteiger charge is -2.23. The molecule has 0 saturated carbocycles. The summed E-state index contributed by atoms with van der Waals surface area (Å²) in [6.45, 7) is 2.05. The Morgan fingerprint density at radius 2 is 2.05 bits per heavy atom. The second-order valence-electron chi connectivity index (χ2n) is 4.70. The maximum Gasteiger partial charge on any atom is 0.152 e. The smallest absolute Gasteiger partial charge is 0.152 e. The summed E-state index contributed by atoms with van der Waals surface area (Å²) in [5, 5.41) is 0.572. The largest absolute Gasteiger partial charge is 0.491 e. The van der Waals surface area contributed by atoms with Crippen LogP contribution in [0.15, 0.2) is 42.5 Å². The highest BCUT2D eigenvalue weighted by Gasteiger charge is 2.17. The molecule has 2 aromatic rings. The van der Waals surface area contributed by atoms with E-state index in [1.807, 2.05) is 36.4 Å².